The molecular weight excluding hydrogens is 570 g/mol. The summed E-state index contributed by atoms with van der Waals surface area (Å²) in [4.78, 5) is 69.6. The van der Waals surface area contributed by atoms with Crippen LogP contribution in [-0.4, -0.2) is 59.0 Å². The second-order valence-electron chi connectivity index (χ2n) is 11.9. The van der Waals surface area contributed by atoms with Crippen LogP contribution in [-0.2, 0) is 32.1 Å². The number of amides is 5. The number of thiophene rings is 1. The van der Waals surface area contributed by atoms with Crippen molar-refractivity contribution in [1.29, 1.82) is 0 Å². The van der Waals surface area contributed by atoms with Crippen molar-refractivity contribution < 1.29 is 29.1 Å². The first-order valence-electron chi connectivity index (χ1n) is 14.8. The number of rotatable bonds is 12. The van der Waals surface area contributed by atoms with Gasteiger partial charge in [0.1, 0.15) is 17.6 Å². The molecule has 1 aromatic carbocycles. The normalized spacial score (nSPS) is 18.7. The van der Waals surface area contributed by atoms with Crippen molar-refractivity contribution in [3.05, 3.63) is 46.2 Å². The Hall–Kier alpha value is -3.93. The van der Waals surface area contributed by atoms with Crippen LogP contribution in [0.5, 0.6) is 0 Å². The minimum atomic E-state index is -1.42. The fourth-order valence-corrected chi connectivity index (χ4v) is 6.56. The van der Waals surface area contributed by atoms with Crippen LogP contribution in [0.1, 0.15) is 70.2 Å². The number of nitrogens with zero attached hydrogens (tertiary/aromatic N) is 2. The number of carbonyl (C=O) groups excluding carboxylic acids is 4. The van der Waals surface area contributed by atoms with Gasteiger partial charge in [-0.3, -0.25) is 19.2 Å². The number of hydrogen-bond donors (Lipinski definition) is 4. The Morgan fingerprint density at radius 3 is 2.53 bits per heavy atom. The van der Waals surface area contributed by atoms with E-state index < -0.39 is 35.5 Å². The highest BCUT2D eigenvalue weighted by molar-refractivity contribution is 7.09. The number of hydrogen-bond acceptors (Lipinski definition) is 6. The highest BCUT2D eigenvalue weighted by Crippen LogP contribution is 2.40. The van der Waals surface area contributed by atoms with Gasteiger partial charge in [-0.25, -0.2) is 4.79 Å². The number of fused-ring (bicyclic) bond motifs is 1. The van der Waals surface area contributed by atoms with Gasteiger partial charge in [0.15, 0.2) is 0 Å². The van der Waals surface area contributed by atoms with E-state index in [0.29, 0.717) is 37.2 Å². The van der Waals surface area contributed by atoms with Gasteiger partial charge in [-0.2, -0.15) is 0 Å². The molecule has 3 heterocycles. The van der Waals surface area contributed by atoms with Gasteiger partial charge in [0, 0.05) is 24.3 Å². The van der Waals surface area contributed by atoms with Crippen LogP contribution in [0.4, 0.5) is 16.2 Å². The molecule has 1 fully saturated rings. The lowest BCUT2D eigenvalue weighted by Gasteiger charge is -2.38. The Kier molecular flexibility index (Phi) is 10.1. The van der Waals surface area contributed by atoms with E-state index in [2.05, 4.69) is 16.0 Å². The molecule has 5 amide bonds. The Morgan fingerprint density at radius 1 is 1.16 bits per heavy atom. The number of benzene rings is 1. The molecule has 11 nitrogen and oxygen atoms in total. The second kappa shape index (κ2) is 13.6. The highest BCUT2D eigenvalue weighted by Gasteiger charge is 2.40. The molecular formula is C31H41N5O6S. The van der Waals surface area contributed by atoms with E-state index in [1.165, 1.54) is 18.3 Å². The lowest BCUT2D eigenvalue weighted by atomic mass is 9.93. The molecule has 2 aromatic rings. The number of carbonyl (C=O) groups is 5. The molecule has 3 atom stereocenters. The minimum Gasteiger partial charge on any atom is -0.465 e. The summed E-state index contributed by atoms with van der Waals surface area (Å²) in [7, 11) is 0. The Labute approximate surface area is 256 Å². The maximum Gasteiger partial charge on any atom is 0.405 e. The fourth-order valence-electron chi connectivity index (χ4n) is 5.87. The van der Waals surface area contributed by atoms with Crippen molar-refractivity contribution in [3.8, 4) is 0 Å². The van der Waals surface area contributed by atoms with Gasteiger partial charge < -0.3 is 30.9 Å². The third-order valence-electron chi connectivity index (χ3n) is 7.89. The summed E-state index contributed by atoms with van der Waals surface area (Å²) in [6.45, 7) is 8.04. The quantitative estimate of drug-likeness (QED) is 0.287. The van der Waals surface area contributed by atoms with Crippen LogP contribution < -0.4 is 25.8 Å². The number of carboxylic acid groups (broad SMARTS) is 1. The van der Waals surface area contributed by atoms with E-state index in [4.69, 9.17) is 0 Å². The fraction of sp³-hybridized carbons (Fsp3) is 0.516. The molecule has 0 bridgehead atoms. The van der Waals surface area contributed by atoms with E-state index >= 15 is 0 Å². The van der Waals surface area contributed by atoms with Crippen LogP contribution in [0.2, 0.25) is 0 Å². The second-order valence-corrected chi connectivity index (χ2v) is 12.9. The zero-order valence-corrected chi connectivity index (χ0v) is 26.0. The SMILES string of the molecule is CCCC(C)(NC(=O)O)C(=O)N[C@H](CC(C)C)C(=O)NC1Cc2cccc(N3CCCC3=O)c2N(Cc2cccs2)C1=O. The zero-order chi connectivity index (χ0) is 31.3. The van der Waals surface area contributed by atoms with Gasteiger partial charge in [0.2, 0.25) is 23.6 Å². The molecule has 232 valence electrons. The van der Waals surface area contributed by atoms with Crippen LogP contribution in [0.3, 0.4) is 0 Å². The van der Waals surface area contributed by atoms with E-state index in [-0.39, 0.29) is 37.1 Å². The minimum absolute atomic E-state index is 0.0204. The van der Waals surface area contributed by atoms with Crippen molar-refractivity contribution in [3.63, 3.8) is 0 Å². The Bertz CT molecular complexity index is 1360. The summed E-state index contributed by atoms with van der Waals surface area (Å²) in [6.07, 6.45) is 1.21. The summed E-state index contributed by atoms with van der Waals surface area (Å²) in [5.74, 6) is -1.37. The van der Waals surface area contributed by atoms with Crippen molar-refractivity contribution in [2.45, 2.75) is 90.4 Å². The van der Waals surface area contributed by atoms with Crippen LogP contribution >= 0.6 is 11.3 Å². The first-order valence-corrected chi connectivity index (χ1v) is 15.7. The summed E-state index contributed by atoms with van der Waals surface area (Å²) in [5.41, 5.74) is 0.796. The van der Waals surface area contributed by atoms with Crippen molar-refractivity contribution in [2.24, 2.45) is 5.92 Å². The average molecular weight is 612 g/mol. The topological polar surface area (TPSA) is 148 Å². The summed E-state index contributed by atoms with van der Waals surface area (Å²) < 4.78 is 0. The zero-order valence-electron chi connectivity index (χ0n) is 25.1. The van der Waals surface area contributed by atoms with Gasteiger partial charge in [-0.1, -0.05) is 45.4 Å². The maximum absolute atomic E-state index is 14.1. The van der Waals surface area contributed by atoms with Crippen molar-refractivity contribution >= 4 is 52.4 Å². The largest absolute Gasteiger partial charge is 0.465 e. The number of nitrogens with one attached hydrogen (secondary N) is 3. The summed E-state index contributed by atoms with van der Waals surface area (Å²) >= 11 is 1.52. The smallest absolute Gasteiger partial charge is 0.405 e. The van der Waals surface area contributed by atoms with Crippen molar-refractivity contribution in [2.75, 3.05) is 16.3 Å². The molecule has 0 aliphatic carbocycles. The van der Waals surface area contributed by atoms with Gasteiger partial charge >= 0.3 is 6.09 Å². The van der Waals surface area contributed by atoms with Crippen molar-refractivity contribution in [1.82, 2.24) is 16.0 Å². The number of anilines is 2. The molecule has 2 unspecified atom stereocenters. The monoisotopic (exact) mass is 611 g/mol. The molecule has 0 radical (unpaired) electrons. The molecule has 4 N–H and O–H groups in total. The van der Waals surface area contributed by atoms with E-state index in [0.717, 1.165) is 16.9 Å². The highest BCUT2D eigenvalue weighted by atomic mass is 32.1. The summed E-state index contributed by atoms with van der Waals surface area (Å²) in [6, 6.07) is 7.62. The Morgan fingerprint density at radius 2 is 1.93 bits per heavy atom. The average Bonchev–Trinajstić information content (AvgIpc) is 3.61. The number of para-hydroxylation sites is 1. The Balaban J connectivity index is 1.62. The van der Waals surface area contributed by atoms with E-state index in [1.54, 1.807) is 9.80 Å². The first-order chi connectivity index (χ1) is 20.4. The van der Waals surface area contributed by atoms with E-state index in [1.807, 2.05) is 56.5 Å². The predicted molar refractivity (Wildman–Crippen MR) is 165 cm³/mol. The molecule has 2 aliphatic heterocycles. The van der Waals surface area contributed by atoms with Gasteiger partial charge in [-0.15, -0.1) is 11.3 Å². The van der Waals surface area contributed by atoms with Crippen LogP contribution in [0.25, 0.3) is 0 Å². The van der Waals surface area contributed by atoms with Gasteiger partial charge in [0.25, 0.3) is 0 Å². The molecule has 1 saturated heterocycles. The molecule has 2 aliphatic rings. The van der Waals surface area contributed by atoms with Gasteiger partial charge in [-0.05, 0) is 55.2 Å². The third kappa shape index (κ3) is 7.35. The maximum atomic E-state index is 14.1. The third-order valence-corrected chi connectivity index (χ3v) is 8.76. The molecule has 4 rings (SSSR count). The molecule has 0 spiro atoms. The molecule has 1 aromatic heterocycles. The summed E-state index contributed by atoms with van der Waals surface area (Å²) in [5, 5.41) is 19.2. The molecule has 0 saturated carbocycles. The lowest BCUT2D eigenvalue weighted by molar-refractivity contribution is -0.134. The first kappa shape index (κ1) is 32.0. The van der Waals surface area contributed by atoms with E-state index in [9.17, 15) is 29.1 Å². The lowest BCUT2D eigenvalue weighted by Crippen LogP contribution is -2.62. The van der Waals surface area contributed by atoms with Gasteiger partial charge in [0.05, 0.1) is 17.9 Å². The molecule has 12 heteroatoms. The van der Waals surface area contributed by atoms with Crippen LogP contribution in [0.15, 0.2) is 35.7 Å². The van der Waals surface area contributed by atoms with Crippen LogP contribution in [0, 0.1) is 5.92 Å². The standard InChI is InChI=1S/C31H41N5O6S/c1-5-13-31(4,34-30(41)42)29(40)33-22(16-19(2)3)27(38)32-23-17-20-9-6-11-24(35-14-7-12-25(35)37)26(20)36(28(23)39)18-21-10-8-15-43-21/h6,8-11,15,19,22-23,34H,5,7,12-14,16-18H2,1-4H3,(H,32,38)(H,33,40)(H,41,42)/t22-,23?,31?/m1/s1. The molecule has 43 heavy (non-hydrogen) atoms. The predicted octanol–water partition coefficient (Wildman–Crippen LogP) is 3.81.